The van der Waals surface area contributed by atoms with Crippen LogP contribution in [-0.4, -0.2) is 38.3 Å². The number of rotatable bonds is 8. The maximum absolute atomic E-state index is 11.9. The van der Waals surface area contributed by atoms with Crippen molar-refractivity contribution in [1.82, 2.24) is 20.1 Å². The van der Waals surface area contributed by atoms with Gasteiger partial charge in [0.15, 0.2) is 0 Å². The Balaban J connectivity index is 1.74. The number of unbranched alkanes of at least 4 members (excludes halogenated alkanes) is 2. The normalized spacial score (nSPS) is 10.4. The summed E-state index contributed by atoms with van der Waals surface area (Å²) < 4.78 is 1.75. The van der Waals surface area contributed by atoms with Crippen LogP contribution in [0.1, 0.15) is 36.0 Å². The Morgan fingerprint density at radius 2 is 1.73 bits per heavy atom. The van der Waals surface area contributed by atoms with Crippen LogP contribution in [0.15, 0.2) is 36.9 Å². The number of amides is 1. The van der Waals surface area contributed by atoms with E-state index in [9.17, 15) is 9.59 Å². The van der Waals surface area contributed by atoms with E-state index in [0.29, 0.717) is 18.5 Å². The minimum atomic E-state index is -0.780. The third-order valence-corrected chi connectivity index (χ3v) is 3.20. The molecule has 1 heterocycles. The molecule has 0 saturated heterocycles. The third kappa shape index (κ3) is 4.69. The lowest BCUT2D eigenvalue weighted by Crippen LogP contribution is -2.24. The summed E-state index contributed by atoms with van der Waals surface area (Å²) in [5.41, 5.74) is 1.47. The molecular weight excluding hydrogens is 284 g/mol. The molecule has 7 heteroatoms. The lowest BCUT2D eigenvalue weighted by Gasteiger charge is -2.06. The van der Waals surface area contributed by atoms with Crippen LogP contribution in [0.25, 0.3) is 5.69 Å². The summed E-state index contributed by atoms with van der Waals surface area (Å²) >= 11 is 0. The summed E-state index contributed by atoms with van der Waals surface area (Å²) in [5.74, 6) is -0.911. The SMILES string of the molecule is O=C(O)CCCCCNC(=O)c1ccc(-n2cnnc2)cc1. The van der Waals surface area contributed by atoms with E-state index in [4.69, 9.17) is 5.11 Å². The van der Waals surface area contributed by atoms with Crippen molar-refractivity contribution >= 4 is 11.9 Å². The molecule has 2 aromatic rings. The molecule has 0 radical (unpaired) electrons. The molecule has 0 aliphatic heterocycles. The van der Waals surface area contributed by atoms with Crippen molar-refractivity contribution in [2.45, 2.75) is 25.7 Å². The first-order valence-electron chi connectivity index (χ1n) is 7.12. The number of nitrogens with one attached hydrogen (secondary N) is 1. The Morgan fingerprint density at radius 1 is 1.05 bits per heavy atom. The van der Waals surface area contributed by atoms with Crippen LogP contribution in [0.5, 0.6) is 0 Å². The fraction of sp³-hybridized carbons (Fsp3) is 0.333. The minimum Gasteiger partial charge on any atom is -0.481 e. The van der Waals surface area contributed by atoms with Gasteiger partial charge in [0.25, 0.3) is 5.91 Å². The highest BCUT2D eigenvalue weighted by Crippen LogP contribution is 2.08. The fourth-order valence-corrected chi connectivity index (χ4v) is 2.00. The quantitative estimate of drug-likeness (QED) is 0.722. The molecule has 1 amide bonds. The van der Waals surface area contributed by atoms with Crippen LogP contribution in [0, 0.1) is 0 Å². The van der Waals surface area contributed by atoms with Gasteiger partial charge in [0.05, 0.1) is 0 Å². The minimum absolute atomic E-state index is 0.131. The van der Waals surface area contributed by atoms with Crippen molar-refractivity contribution in [2.75, 3.05) is 6.54 Å². The Hall–Kier alpha value is -2.70. The number of benzene rings is 1. The zero-order valence-corrected chi connectivity index (χ0v) is 12.1. The van der Waals surface area contributed by atoms with Gasteiger partial charge < -0.3 is 10.4 Å². The van der Waals surface area contributed by atoms with E-state index < -0.39 is 5.97 Å². The molecule has 2 rings (SSSR count). The van der Waals surface area contributed by atoms with E-state index in [1.165, 1.54) is 0 Å². The third-order valence-electron chi connectivity index (χ3n) is 3.20. The summed E-state index contributed by atoms with van der Waals surface area (Å²) in [6, 6.07) is 7.14. The average Bonchev–Trinajstić information content (AvgIpc) is 3.05. The van der Waals surface area contributed by atoms with Gasteiger partial charge >= 0.3 is 5.97 Å². The van der Waals surface area contributed by atoms with Crippen molar-refractivity contribution in [1.29, 1.82) is 0 Å². The highest BCUT2D eigenvalue weighted by Gasteiger charge is 2.05. The molecule has 0 atom stereocenters. The maximum Gasteiger partial charge on any atom is 0.303 e. The van der Waals surface area contributed by atoms with Crippen LogP contribution in [-0.2, 0) is 4.79 Å². The molecule has 0 unspecified atom stereocenters. The first-order valence-corrected chi connectivity index (χ1v) is 7.12. The lowest BCUT2D eigenvalue weighted by atomic mass is 10.1. The molecule has 2 N–H and O–H groups in total. The summed E-state index contributed by atoms with van der Waals surface area (Å²) in [5, 5.41) is 18.8. The number of nitrogens with zero attached hydrogens (tertiary/aromatic N) is 3. The largest absolute Gasteiger partial charge is 0.481 e. The van der Waals surface area contributed by atoms with Gasteiger partial charge in [-0.2, -0.15) is 0 Å². The molecule has 7 nitrogen and oxygen atoms in total. The molecule has 1 aromatic carbocycles. The Bertz CT molecular complexity index is 608. The highest BCUT2D eigenvalue weighted by molar-refractivity contribution is 5.94. The number of aromatic nitrogens is 3. The van der Waals surface area contributed by atoms with Crippen LogP contribution < -0.4 is 5.32 Å². The van der Waals surface area contributed by atoms with Crippen LogP contribution in [0.3, 0.4) is 0 Å². The number of hydrogen-bond donors (Lipinski definition) is 2. The number of carboxylic acid groups (broad SMARTS) is 1. The fourth-order valence-electron chi connectivity index (χ4n) is 2.00. The van der Waals surface area contributed by atoms with Crippen LogP contribution in [0.2, 0.25) is 0 Å². The predicted octanol–water partition coefficient (Wildman–Crippen LogP) is 1.64. The second kappa shape index (κ2) is 7.92. The molecule has 1 aromatic heterocycles. The highest BCUT2D eigenvalue weighted by atomic mass is 16.4. The van der Waals surface area contributed by atoms with Gasteiger partial charge in [-0.3, -0.25) is 14.2 Å². The van der Waals surface area contributed by atoms with E-state index in [-0.39, 0.29) is 12.3 Å². The van der Waals surface area contributed by atoms with Crippen molar-refractivity contribution < 1.29 is 14.7 Å². The Morgan fingerprint density at radius 3 is 2.36 bits per heavy atom. The van der Waals surface area contributed by atoms with Gasteiger partial charge in [-0.1, -0.05) is 6.42 Å². The van der Waals surface area contributed by atoms with Gasteiger partial charge in [0, 0.05) is 24.2 Å². The number of carboxylic acids is 1. The van der Waals surface area contributed by atoms with Crippen molar-refractivity contribution in [3.05, 3.63) is 42.5 Å². The average molecular weight is 302 g/mol. The van der Waals surface area contributed by atoms with Crippen LogP contribution in [0.4, 0.5) is 0 Å². The molecule has 0 spiro atoms. The monoisotopic (exact) mass is 302 g/mol. The van der Waals surface area contributed by atoms with Gasteiger partial charge in [-0.25, -0.2) is 0 Å². The summed E-state index contributed by atoms with van der Waals surface area (Å²) in [6.45, 7) is 0.547. The Labute approximate surface area is 128 Å². The second-order valence-electron chi connectivity index (χ2n) is 4.88. The van der Waals surface area contributed by atoms with Gasteiger partial charge in [-0.05, 0) is 37.1 Å². The van der Waals surface area contributed by atoms with Crippen molar-refractivity contribution in [3.8, 4) is 5.69 Å². The first-order chi connectivity index (χ1) is 10.7. The number of carbonyl (C=O) groups is 2. The van der Waals surface area contributed by atoms with E-state index in [0.717, 1.165) is 18.5 Å². The smallest absolute Gasteiger partial charge is 0.303 e. The maximum atomic E-state index is 11.9. The molecule has 116 valence electrons. The predicted molar refractivity (Wildman–Crippen MR) is 79.8 cm³/mol. The van der Waals surface area contributed by atoms with E-state index in [1.807, 2.05) is 12.1 Å². The molecule has 22 heavy (non-hydrogen) atoms. The van der Waals surface area contributed by atoms with Crippen molar-refractivity contribution in [3.63, 3.8) is 0 Å². The Kier molecular flexibility index (Phi) is 5.65. The first kappa shape index (κ1) is 15.7. The number of hydrogen-bond acceptors (Lipinski definition) is 4. The standard InChI is InChI=1S/C15H18N4O3/c20-14(21)4-2-1-3-9-16-15(22)12-5-7-13(8-6-12)19-10-17-18-11-19/h5-8,10-11H,1-4,9H2,(H,16,22)(H,20,21). The lowest BCUT2D eigenvalue weighted by molar-refractivity contribution is -0.137. The van der Waals surface area contributed by atoms with Gasteiger partial charge in [0.1, 0.15) is 12.7 Å². The molecular formula is C15H18N4O3. The summed E-state index contributed by atoms with van der Waals surface area (Å²) in [4.78, 5) is 22.3. The van der Waals surface area contributed by atoms with E-state index in [2.05, 4.69) is 15.5 Å². The van der Waals surface area contributed by atoms with Crippen molar-refractivity contribution in [2.24, 2.45) is 0 Å². The molecule has 0 aliphatic rings. The van der Waals surface area contributed by atoms with Gasteiger partial charge in [-0.15, -0.1) is 10.2 Å². The topological polar surface area (TPSA) is 97.1 Å². The van der Waals surface area contributed by atoms with Crippen LogP contribution >= 0.6 is 0 Å². The van der Waals surface area contributed by atoms with E-state index in [1.54, 1.807) is 29.4 Å². The zero-order chi connectivity index (χ0) is 15.8. The molecule has 0 aliphatic carbocycles. The summed E-state index contributed by atoms with van der Waals surface area (Å²) in [7, 11) is 0. The zero-order valence-electron chi connectivity index (χ0n) is 12.1. The molecule has 0 saturated carbocycles. The van der Waals surface area contributed by atoms with Gasteiger partial charge in [0.2, 0.25) is 0 Å². The summed E-state index contributed by atoms with van der Waals surface area (Å²) in [6.07, 6.45) is 5.56. The number of carbonyl (C=O) groups excluding carboxylic acids is 1. The second-order valence-corrected chi connectivity index (χ2v) is 4.88. The molecule has 0 bridgehead atoms. The van der Waals surface area contributed by atoms with E-state index >= 15 is 0 Å². The number of aliphatic carboxylic acids is 1. The molecule has 0 fully saturated rings.